The van der Waals surface area contributed by atoms with Crippen molar-refractivity contribution in [3.05, 3.63) is 96.5 Å². The largest absolute Gasteiger partial charge is 0.416 e. The van der Waals surface area contributed by atoms with E-state index in [1.54, 1.807) is 47.4 Å². The van der Waals surface area contributed by atoms with E-state index in [0.717, 1.165) is 28.8 Å². The Balaban J connectivity index is 1.51. The summed E-state index contributed by atoms with van der Waals surface area (Å²) >= 11 is 0. The Morgan fingerprint density at radius 1 is 1.03 bits per heavy atom. The molecular formula is C24H17F3N6O. The lowest BCUT2D eigenvalue weighted by Crippen LogP contribution is -2.14. The summed E-state index contributed by atoms with van der Waals surface area (Å²) in [7, 11) is 0. The maximum absolute atomic E-state index is 13.5. The third kappa shape index (κ3) is 4.01. The maximum atomic E-state index is 13.5. The molecule has 1 N–H and O–H groups in total. The molecule has 0 saturated carbocycles. The van der Waals surface area contributed by atoms with E-state index >= 15 is 0 Å². The molecule has 0 aliphatic rings. The molecule has 0 atom stereocenters. The van der Waals surface area contributed by atoms with Gasteiger partial charge in [-0.3, -0.25) is 4.79 Å². The van der Waals surface area contributed by atoms with Crippen LogP contribution in [0.25, 0.3) is 22.5 Å². The molecule has 0 unspecified atom stereocenters. The van der Waals surface area contributed by atoms with Crippen LogP contribution >= 0.6 is 0 Å². The van der Waals surface area contributed by atoms with Crippen LogP contribution in [-0.2, 0) is 6.18 Å². The van der Waals surface area contributed by atoms with Crippen molar-refractivity contribution in [1.82, 2.24) is 24.1 Å². The van der Waals surface area contributed by atoms with E-state index in [9.17, 15) is 18.0 Å². The number of aromatic nitrogens is 5. The topological polar surface area (TPSA) is 77.1 Å². The monoisotopic (exact) mass is 462 g/mol. The van der Waals surface area contributed by atoms with Crippen LogP contribution in [0.5, 0.6) is 0 Å². The smallest absolute Gasteiger partial charge is 0.322 e. The molecule has 0 bridgehead atoms. The highest BCUT2D eigenvalue weighted by Gasteiger charge is 2.31. The first kappa shape index (κ1) is 21.4. The van der Waals surface area contributed by atoms with Crippen LogP contribution in [0.3, 0.4) is 0 Å². The highest BCUT2D eigenvalue weighted by Crippen LogP contribution is 2.33. The molecule has 0 aliphatic heterocycles. The lowest BCUT2D eigenvalue weighted by Gasteiger charge is -2.14. The second kappa shape index (κ2) is 8.14. The van der Waals surface area contributed by atoms with Gasteiger partial charge in [0.05, 0.1) is 18.1 Å². The number of imidazole rings is 1. The number of rotatable bonds is 4. The molecule has 10 heteroatoms. The van der Waals surface area contributed by atoms with E-state index in [1.165, 1.54) is 29.4 Å². The van der Waals surface area contributed by atoms with Gasteiger partial charge in [0.25, 0.3) is 5.91 Å². The number of alkyl halides is 3. The number of halogens is 3. The Morgan fingerprint density at radius 3 is 2.65 bits per heavy atom. The molecule has 3 heterocycles. The second-order valence-electron chi connectivity index (χ2n) is 7.67. The number of carbonyl (C=O) groups is 1. The van der Waals surface area contributed by atoms with Gasteiger partial charge in [-0.1, -0.05) is 6.07 Å². The highest BCUT2D eigenvalue weighted by atomic mass is 19.4. The third-order valence-electron chi connectivity index (χ3n) is 5.37. The Bertz CT molecular complexity index is 1510. The summed E-state index contributed by atoms with van der Waals surface area (Å²) in [4.78, 5) is 21.3. The van der Waals surface area contributed by atoms with Crippen LogP contribution in [0.1, 0.15) is 21.5 Å². The summed E-state index contributed by atoms with van der Waals surface area (Å²) in [6.07, 6.45) is 4.87. The number of aryl methyl sites for hydroxylation is 1. The number of hydrogen-bond acceptors (Lipinski definition) is 4. The van der Waals surface area contributed by atoms with Crippen molar-refractivity contribution in [3.63, 3.8) is 0 Å². The fraction of sp³-hybridized carbons (Fsp3) is 0.0833. The summed E-state index contributed by atoms with van der Waals surface area (Å²) < 4.78 is 43.5. The number of nitrogens with zero attached hydrogens (tertiary/aromatic N) is 5. The first-order valence-corrected chi connectivity index (χ1v) is 10.2. The molecule has 3 aromatic heterocycles. The molecule has 7 nitrogen and oxygen atoms in total. The van der Waals surface area contributed by atoms with Gasteiger partial charge in [-0.25, -0.2) is 14.5 Å². The summed E-state index contributed by atoms with van der Waals surface area (Å²) in [5, 5.41) is 6.88. The number of hydrogen-bond donors (Lipinski definition) is 1. The zero-order chi connectivity index (χ0) is 23.9. The van der Waals surface area contributed by atoms with E-state index in [1.807, 2.05) is 6.92 Å². The highest BCUT2D eigenvalue weighted by molar-refractivity contribution is 6.05. The van der Waals surface area contributed by atoms with Gasteiger partial charge in [0, 0.05) is 47.3 Å². The Kier molecular flexibility index (Phi) is 5.12. The number of carbonyl (C=O) groups excluding carboxylic acids is 1. The fourth-order valence-corrected chi connectivity index (χ4v) is 3.68. The Hall–Kier alpha value is -4.47. The van der Waals surface area contributed by atoms with Crippen LogP contribution in [0.4, 0.5) is 18.9 Å². The molecule has 5 aromatic rings. The van der Waals surface area contributed by atoms with Crippen molar-refractivity contribution in [3.8, 4) is 16.8 Å². The van der Waals surface area contributed by atoms with Crippen molar-refractivity contribution < 1.29 is 18.0 Å². The summed E-state index contributed by atoms with van der Waals surface area (Å²) in [5.74, 6) is -0.540. The van der Waals surface area contributed by atoms with Crippen molar-refractivity contribution in [2.24, 2.45) is 0 Å². The molecule has 0 radical (unpaired) electrons. The van der Waals surface area contributed by atoms with E-state index in [2.05, 4.69) is 20.4 Å². The number of benzene rings is 2. The normalized spacial score (nSPS) is 11.6. The van der Waals surface area contributed by atoms with Crippen molar-refractivity contribution in [2.75, 3.05) is 5.32 Å². The van der Waals surface area contributed by atoms with E-state index < -0.39 is 17.6 Å². The lowest BCUT2D eigenvalue weighted by atomic mass is 9.99. The lowest BCUT2D eigenvalue weighted by molar-refractivity contribution is -0.137. The molecule has 0 spiro atoms. The minimum atomic E-state index is -4.58. The molecule has 2 aromatic carbocycles. The second-order valence-corrected chi connectivity index (χ2v) is 7.67. The predicted molar refractivity (Wildman–Crippen MR) is 120 cm³/mol. The van der Waals surface area contributed by atoms with Crippen LogP contribution in [0, 0.1) is 6.92 Å². The van der Waals surface area contributed by atoms with E-state index in [0.29, 0.717) is 5.65 Å². The molecule has 1 amide bonds. The van der Waals surface area contributed by atoms with Crippen molar-refractivity contribution >= 4 is 17.2 Å². The van der Waals surface area contributed by atoms with Crippen molar-refractivity contribution in [2.45, 2.75) is 13.1 Å². The standard InChI is InChI=1S/C24H17F3N6O/c1-15-3-4-16(9-20(15)21-13-30-33-7-2-5-29-22(21)33)23(34)31-18-10-17(24(25,26)27)11-19(12-18)32-8-6-28-14-32/h2-14H,1H3,(H,31,34). The van der Waals surface area contributed by atoms with Gasteiger partial charge in [-0.15, -0.1) is 0 Å². The molecule has 0 aliphatic carbocycles. The fourth-order valence-electron chi connectivity index (χ4n) is 3.68. The summed E-state index contributed by atoms with van der Waals surface area (Å²) in [6.45, 7) is 1.90. The molecule has 0 saturated heterocycles. The van der Waals surface area contributed by atoms with Gasteiger partial charge in [0.2, 0.25) is 0 Å². The van der Waals surface area contributed by atoms with Gasteiger partial charge < -0.3 is 9.88 Å². The zero-order valence-electron chi connectivity index (χ0n) is 17.8. The summed E-state index contributed by atoms with van der Waals surface area (Å²) in [5.41, 5.74) is 2.68. The van der Waals surface area contributed by atoms with E-state index in [-0.39, 0.29) is 16.9 Å². The van der Waals surface area contributed by atoms with Crippen LogP contribution in [0.15, 0.2) is 79.8 Å². The average Bonchev–Trinajstić information content (AvgIpc) is 3.49. The predicted octanol–water partition coefficient (Wildman–Crippen LogP) is 5.16. The van der Waals surface area contributed by atoms with Crippen LogP contribution in [-0.4, -0.2) is 30.1 Å². The third-order valence-corrected chi connectivity index (χ3v) is 5.37. The Labute approximate surface area is 191 Å². The molecule has 34 heavy (non-hydrogen) atoms. The first-order chi connectivity index (χ1) is 16.3. The quantitative estimate of drug-likeness (QED) is 0.400. The first-order valence-electron chi connectivity index (χ1n) is 10.2. The molecular weight excluding hydrogens is 445 g/mol. The van der Waals surface area contributed by atoms with E-state index in [4.69, 9.17) is 0 Å². The molecule has 0 fully saturated rings. The van der Waals surface area contributed by atoms with Gasteiger partial charge in [-0.05, 0) is 54.4 Å². The average molecular weight is 462 g/mol. The van der Waals surface area contributed by atoms with Gasteiger partial charge >= 0.3 is 6.18 Å². The van der Waals surface area contributed by atoms with Crippen LogP contribution in [0.2, 0.25) is 0 Å². The molecule has 5 rings (SSSR count). The van der Waals surface area contributed by atoms with Gasteiger partial charge in [-0.2, -0.15) is 18.3 Å². The zero-order valence-corrected chi connectivity index (χ0v) is 17.8. The SMILES string of the molecule is Cc1ccc(C(=O)Nc2cc(-n3ccnc3)cc(C(F)(F)F)c2)cc1-c1cnn2cccnc12. The van der Waals surface area contributed by atoms with Crippen molar-refractivity contribution in [1.29, 1.82) is 0 Å². The Morgan fingerprint density at radius 2 is 1.88 bits per heavy atom. The minimum absolute atomic E-state index is 0.0169. The van der Waals surface area contributed by atoms with Gasteiger partial charge in [0.15, 0.2) is 5.65 Å². The number of fused-ring (bicyclic) bond motifs is 1. The maximum Gasteiger partial charge on any atom is 0.416 e. The minimum Gasteiger partial charge on any atom is -0.322 e. The summed E-state index contributed by atoms with van der Waals surface area (Å²) in [6, 6.07) is 10.2. The number of anilines is 1. The van der Waals surface area contributed by atoms with Gasteiger partial charge in [0.1, 0.15) is 0 Å². The number of nitrogens with one attached hydrogen (secondary N) is 1. The number of amides is 1. The van der Waals surface area contributed by atoms with Crippen LogP contribution < -0.4 is 5.32 Å². The molecule has 170 valence electrons.